The minimum absolute atomic E-state index is 0.279. The van der Waals surface area contributed by atoms with Crippen molar-refractivity contribution < 1.29 is 0 Å². The van der Waals surface area contributed by atoms with Gasteiger partial charge in [-0.3, -0.25) is 0 Å². The Kier molecular flexibility index (Phi) is 4.89. The molecule has 4 aromatic rings. The molecule has 0 aliphatic carbocycles. The molecule has 0 atom stereocenters. The molecule has 0 saturated heterocycles. The van der Waals surface area contributed by atoms with E-state index in [9.17, 15) is 0 Å². The van der Waals surface area contributed by atoms with Crippen molar-refractivity contribution in [2.45, 2.75) is 46.7 Å². The average Bonchev–Trinajstić information content (AvgIpc) is 3.20. The highest BCUT2D eigenvalue weighted by Gasteiger charge is 2.11. The van der Waals surface area contributed by atoms with Crippen LogP contribution in [-0.2, 0) is 0 Å². The van der Waals surface area contributed by atoms with Gasteiger partial charge in [-0.25, -0.2) is 29.3 Å². The molecule has 0 aliphatic rings. The number of nitrogens with zero attached hydrogens (tertiary/aromatic N) is 8. The number of nitrogens with two attached hydrogens (primary N) is 2. The first kappa shape index (κ1) is 18.5. The van der Waals surface area contributed by atoms with Gasteiger partial charge >= 0.3 is 0 Å². The van der Waals surface area contributed by atoms with Gasteiger partial charge in [0.05, 0.1) is 23.2 Å². The summed E-state index contributed by atoms with van der Waals surface area (Å²) in [6, 6.07) is 0.563. The zero-order valence-corrected chi connectivity index (χ0v) is 16.1. The number of hydrogen-bond donors (Lipinski definition) is 2. The molecular formula is C17H24N10. The van der Waals surface area contributed by atoms with Gasteiger partial charge in [-0.05, 0) is 34.6 Å². The normalized spacial score (nSPS) is 11.4. The molecule has 0 aliphatic heterocycles. The van der Waals surface area contributed by atoms with Crippen LogP contribution < -0.4 is 11.5 Å². The highest BCUT2D eigenvalue weighted by atomic mass is 15.3. The third-order valence-corrected chi connectivity index (χ3v) is 4.00. The van der Waals surface area contributed by atoms with Crippen molar-refractivity contribution in [2.75, 3.05) is 11.5 Å². The molecule has 0 aromatic carbocycles. The van der Waals surface area contributed by atoms with E-state index in [0.29, 0.717) is 17.5 Å². The summed E-state index contributed by atoms with van der Waals surface area (Å²) in [5, 5.41) is 10.1. The number of hydrogen-bond acceptors (Lipinski definition) is 8. The van der Waals surface area contributed by atoms with Crippen LogP contribution in [0.5, 0.6) is 0 Å². The predicted molar refractivity (Wildman–Crippen MR) is 105 cm³/mol. The van der Waals surface area contributed by atoms with E-state index in [1.54, 1.807) is 12.4 Å². The van der Waals surface area contributed by atoms with Crippen molar-refractivity contribution in [3.63, 3.8) is 0 Å². The number of fused-ring (bicyclic) bond motifs is 2. The Bertz CT molecular complexity index is 1080. The maximum Gasteiger partial charge on any atom is 0.163 e. The fraction of sp³-hybridized carbons (Fsp3) is 0.412. The fourth-order valence-electron chi connectivity index (χ4n) is 2.70. The van der Waals surface area contributed by atoms with Crippen LogP contribution in [0.25, 0.3) is 22.1 Å². The summed E-state index contributed by atoms with van der Waals surface area (Å²) < 4.78 is 3.67. The molecule has 10 nitrogen and oxygen atoms in total. The quantitative estimate of drug-likeness (QED) is 0.549. The average molecular weight is 368 g/mol. The van der Waals surface area contributed by atoms with Gasteiger partial charge in [0.25, 0.3) is 0 Å². The van der Waals surface area contributed by atoms with Crippen molar-refractivity contribution in [1.29, 1.82) is 0 Å². The molecule has 10 heteroatoms. The van der Waals surface area contributed by atoms with Crippen LogP contribution in [0.4, 0.5) is 11.6 Å². The summed E-state index contributed by atoms with van der Waals surface area (Å²) in [6.45, 7) is 10.0. The third-order valence-electron chi connectivity index (χ3n) is 4.00. The van der Waals surface area contributed by atoms with Crippen LogP contribution in [0, 0.1) is 6.92 Å². The molecule has 0 radical (unpaired) electrons. The molecule has 4 aromatic heterocycles. The van der Waals surface area contributed by atoms with E-state index in [4.69, 9.17) is 11.5 Å². The van der Waals surface area contributed by atoms with E-state index in [0.717, 1.165) is 22.1 Å². The van der Waals surface area contributed by atoms with Gasteiger partial charge in [0, 0.05) is 12.1 Å². The largest absolute Gasteiger partial charge is 0.383 e. The molecular weight excluding hydrogens is 344 g/mol. The second kappa shape index (κ2) is 7.14. The van der Waals surface area contributed by atoms with E-state index in [-0.39, 0.29) is 12.1 Å². The zero-order chi connectivity index (χ0) is 19.7. The smallest absolute Gasteiger partial charge is 0.163 e. The Balaban J connectivity index is 0.000000156. The van der Waals surface area contributed by atoms with E-state index in [2.05, 4.69) is 44.0 Å². The van der Waals surface area contributed by atoms with Crippen molar-refractivity contribution in [1.82, 2.24) is 39.5 Å². The summed E-state index contributed by atoms with van der Waals surface area (Å²) in [7, 11) is 0. The molecule has 27 heavy (non-hydrogen) atoms. The highest BCUT2D eigenvalue weighted by molar-refractivity contribution is 5.85. The van der Waals surface area contributed by atoms with Crippen molar-refractivity contribution >= 4 is 33.7 Å². The Labute approximate surface area is 156 Å². The molecule has 0 amide bonds. The second-order valence-electron chi connectivity index (χ2n) is 6.76. The Hall–Kier alpha value is -3.30. The fourth-order valence-corrected chi connectivity index (χ4v) is 2.70. The van der Waals surface area contributed by atoms with Gasteiger partial charge < -0.3 is 11.5 Å². The lowest BCUT2D eigenvalue weighted by atomic mass is 10.3. The minimum Gasteiger partial charge on any atom is -0.383 e. The van der Waals surface area contributed by atoms with Gasteiger partial charge in [0.1, 0.15) is 23.8 Å². The minimum atomic E-state index is 0.279. The predicted octanol–water partition coefficient (Wildman–Crippen LogP) is 2.29. The van der Waals surface area contributed by atoms with Gasteiger partial charge in [0.15, 0.2) is 11.3 Å². The first-order valence-corrected chi connectivity index (χ1v) is 8.70. The summed E-state index contributed by atoms with van der Waals surface area (Å²) in [4.78, 5) is 16.4. The maximum absolute atomic E-state index is 5.77. The lowest BCUT2D eigenvalue weighted by Gasteiger charge is -2.06. The first-order chi connectivity index (χ1) is 12.8. The van der Waals surface area contributed by atoms with Gasteiger partial charge in [0.2, 0.25) is 0 Å². The van der Waals surface area contributed by atoms with E-state index < -0.39 is 0 Å². The van der Waals surface area contributed by atoms with Crippen LogP contribution in [0.1, 0.15) is 45.6 Å². The highest BCUT2D eigenvalue weighted by Crippen LogP contribution is 2.20. The number of nitrogen functional groups attached to an aromatic ring is 2. The molecule has 4 heterocycles. The molecule has 0 bridgehead atoms. The van der Waals surface area contributed by atoms with Crippen LogP contribution in [0.2, 0.25) is 0 Å². The summed E-state index contributed by atoms with van der Waals surface area (Å²) in [5.74, 6) is 1.66. The van der Waals surface area contributed by atoms with Crippen molar-refractivity contribution in [3.8, 4) is 0 Å². The summed E-state index contributed by atoms with van der Waals surface area (Å²) in [6.07, 6.45) is 4.87. The topological polar surface area (TPSA) is 139 Å². The van der Waals surface area contributed by atoms with E-state index in [1.165, 1.54) is 6.33 Å². The van der Waals surface area contributed by atoms with Crippen LogP contribution in [-0.4, -0.2) is 39.5 Å². The Morgan fingerprint density at radius 3 is 1.93 bits per heavy atom. The monoisotopic (exact) mass is 368 g/mol. The van der Waals surface area contributed by atoms with E-state index >= 15 is 0 Å². The van der Waals surface area contributed by atoms with Crippen LogP contribution in [0.3, 0.4) is 0 Å². The molecule has 0 fully saturated rings. The molecule has 0 saturated carbocycles. The third kappa shape index (κ3) is 3.50. The lowest BCUT2D eigenvalue weighted by molar-refractivity contribution is 0.546. The summed E-state index contributed by atoms with van der Waals surface area (Å²) in [5.41, 5.74) is 13.0. The van der Waals surface area contributed by atoms with Crippen LogP contribution in [0.15, 0.2) is 18.7 Å². The second-order valence-corrected chi connectivity index (χ2v) is 6.76. The molecule has 0 unspecified atom stereocenters. The molecule has 4 N–H and O–H groups in total. The van der Waals surface area contributed by atoms with E-state index in [1.807, 2.05) is 30.1 Å². The number of aromatic nitrogens is 8. The van der Waals surface area contributed by atoms with Crippen molar-refractivity contribution in [2.24, 2.45) is 0 Å². The molecule has 4 rings (SSSR count). The van der Waals surface area contributed by atoms with Gasteiger partial charge in [-0.2, -0.15) is 10.2 Å². The lowest BCUT2D eigenvalue weighted by Crippen LogP contribution is -2.05. The Morgan fingerprint density at radius 1 is 0.778 bits per heavy atom. The molecule has 0 spiro atoms. The van der Waals surface area contributed by atoms with Crippen LogP contribution >= 0.6 is 0 Å². The number of rotatable bonds is 2. The SMILES string of the molecule is CC(C)n1ncc2c(N)ncnc21.Cc1nc(N)c2cnn(C(C)C)c2n1. The van der Waals surface area contributed by atoms with Gasteiger partial charge in [-0.1, -0.05) is 0 Å². The summed E-state index contributed by atoms with van der Waals surface area (Å²) >= 11 is 0. The molecule has 142 valence electrons. The Morgan fingerprint density at radius 2 is 1.33 bits per heavy atom. The number of anilines is 2. The zero-order valence-electron chi connectivity index (χ0n) is 16.1. The van der Waals surface area contributed by atoms with Crippen molar-refractivity contribution in [3.05, 3.63) is 24.5 Å². The first-order valence-electron chi connectivity index (χ1n) is 8.70. The van der Waals surface area contributed by atoms with Gasteiger partial charge in [-0.15, -0.1) is 0 Å². The maximum atomic E-state index is 5.77. The standard InChI is InChI=1S/C9H13N5.C8H11N5/c1-5(2)14-9-7(4-11-14)8(10)12-6(3)13-9;1-5(2)13-8-6(3-12-13)7(9)10-4-11-8/h4-5H,1-3H3,(H2,10,12,13);3-5H,1-2H3,(H2,9,10,11). The number of aryl methyl sites for hydroxylation is 1.